The molecule has 0 bridgehead atoms. The highest BCUT2D eigenvalue weighted by Gasteiger charge is 2.05. The predicted molar refractivity (Wildman–Crippen MR) is 48.4 cm³/mol. The summed E-state index contributed by atoms with van der Waals surface area (Å²) in [5.41, 5.74) is 0. The Hall–Kier alpha value is -0.210. The maximum atomic E-state index is 9.27. The summed E-state index contributed by atoms with van der Waals surface area (Å²) < 4.78 is 0. The number of allylic oxidation sites excluding steroid dienone is 2. The molecule has 0 radical (unpaired) electrons. The molecule has 58 valence electrons. The number of rotatable bonds is 3. The molecular formula is C8H14OS. The van der Waals surface area contributed by atoms with Crippen LogP contribution in [-0.2, 0) is 0 Å². The lowest BCUT2D eigenvalue weighted by atomic mass is 10.3. The van der Waals surface area contributed by atoms with Crippen molar-refractivity contribution in [2.24, 2.45) is 0 Å². The quantitative estimate of drug-likeness (QED) is 0.600. The molecule has 10 heavy (non-hydrogen) atoms. The fraction of sp³-hybridized carbons (Fsp3) is 0.500. The third kappa shape index (κ3) is 2.20. The lowest BCUT2D eigenvalue weighted by Crippen LogP contribution is -2.08. The van der Waals surface area contributed by atoms with Crippen molar-refractivity contribution < 1.29 is 5.11 Å². The van der Waals surface area contributed by atoms with Gasteiger partial charge in [0.1, 0.15) is 0 Å². The van der Waals surface area contributed by atoms with E-state index in [0.717, 1.165) is 12.2 Å². The van der Waals surface area contributed by atoms with E-state index in [4.69, 9.17) is 0 Å². The van der Waals surface area contributed by atoms with E-state index in [1.807, 2.05) is 6.92 Å². The minimum atomic E-state index is -0.101. The molecule has 1 aliphatic rings. The molecule has 1 aliphatic heterocycles. The number of hydrogen-bond acceptors (Lipinski definition) is 1. The van der Waals surface area contributed by atoms with Crippen LogP contribution in [0, 0.1) is 0 Å². The summed E-state index contributed by atoms with van der Waals surface area (Å²) in [4.78, 5) is 0. The average Bonchev–Trinajstić information content (AvgIpc) is 2.40. The van der Waals surface area contributed by atoms with Crippen LogP contribution in [0.3, 0.4) is 0 Å². The number of aliphatic hydroxyl groups excluding tert-OH is 1. The molecule has 0 saturated carbocycles. The Morgan fingerprint density at radius 1 is 1.40 bits per heavy atom. The van der Waals surface area contributed by atoms with Gasteiger partial charge in [0.05, 0.1) is 6.10 Å². The second kappa shape index (κ2) is 3.84. The van der Waals surface area contributed by atoms with Gasteiger partial charge in [0.25, 0.3) is 0 Å². The van der Waals surface area contributed by atoms with E-state index in [1.165, 1.54) is 0 Å². The van der Waals surface area contributed by atoms with Crippen LogP contribution < -0.4 is 0 Å². The summed E-state index contributed by atoms with van der Waals surface area (Å²) in [5, 5.41) is 13.6. The van der Waals surface area contributed by atoms with Gasteiger partial charge in [0.2, 0.25) is 0 Å². The summed E-state index contributed by atoms with van der Waals surface area (Å²) in [6, 6.07) is 0. The third-order valence-electron chi connectivity index (χ3n) is 1.56. The summed E-state index contributed by atoms with van der Waals surface area (Å²) >= 11 is 0. The van der Waals surface area contributed by atoms with Crippen LogP contribution in [0.1, 0.15) is 13.3 Å². The minimum Gasteiger partial charge on any atom is -0.392 e. The van der Waals surface area contributed by atoms with E-state index in [9.17, 15) is 5.11 Å². The number of thiol groups is 1. The summed E-state index contributed by atoms with van der Waals surface area (Å²) in [6.45, 7) is 2.02. The second-order valence-corrected chi connectivity index (χ2v) is 4.43. The molecule has 0 spiro atoms. The average molecular weight is 158 g/mol. The summed E-state index contributed by atoms with van der Waals surface area (Å²) in [7, 11) is -0.101. The highest BCUT2D eigenvalue weighted by Crippen LogP contribution is 2.33. The largest absolute Gasteiger partial charge is 0.392 e. The van der Waals surface area contributed by atoms with E-state index in [2.05, 4.69) is 23.0 Å². The van der Waals surface area contributed by atoms with Gasteiger partial charge in [-0.3, -0.25) is 0 Å². The third-order valence-corrected chi connectivity index (χ3v) is 3.51. The zero-order chi connectivity index (χ0) is 7.40. The van der Waals surface area contributed by atoms with Crippen molar-refractivity contribution >= 4 is 10.9 Å². The van der Waals surface area contributed by atoms with Gasteiger partial charge in [-0.15, -0.1) is 0 Å². The SMILES string of the molecule is CCC(O)C[SH]1C=CC=C1. The molecule has 1 N–H and O–H groups in total. The van der Waals surface area contributed by atoms with Crippen LogP contribution in [0.5, 0.6) is 0 Å². The van der Waals surface area contributed by atoms with Gasteiger partial charge in [-0.25, -0.2) is 10.9 Å². The molecule has 2 heteroatoms. The van der Waals surface area contributed by atoms with Gasteiger partial charge in [-0.2, -0.15) is 0 Å². The molecule has 1 rings (SSSR count). The molecular weight excluding hydrogens is 144 g/mol. The smallest absolute Gasteiger partial charge is 0.0617 e. The first-order valence-electron chi connectivity index (χ1n) is 3.61. The molecule has 0 aromatic carbocycles. The molecule has 0 aromatic heterocycles. The second-order valence-electron chi connectivity index (χ2n) is 2.44. The number of aliphatic hydroxyl groups is 1. The van der Waals surface area contributed by atoms with Crippen molar-refractivity contribution in [1.29, 1.82) is 0 Å². The molecule has 0 aromatic rings. The van der Waals surface area contributed by atoms with Gasteiger partial charge in [0, 0.05) is 5.75 Å². The van der Waals surface area contributed by atoms with Gasteiger partial charge in [0.15, 0.2) is 0 Å². The zero-order valence-corrected chi connectivity index (χ0v) is 7.09. The van der Waals surface area contributed by atoms with E-state index in [0.29, 0.717) is 0 Å². The molecule has 1 unspecified atom stereocenters. The fourth-order valence-corrected chi connectivity index (χ4v) is 2.59. The standard InChI is InChI=1S/C8H14OS/c1-2-8(9)7-10-5-3-4-6-10/h3-6,8-10H,2,7H2,1H3. The van der Waals surface area contributed by atoms with Crippen LogP contribution in [-0.4, -0.2) is 17.0 Å². The first kappa shape index (κ1) is 7.89. The maximum Gasteiger partial charge on any atom is 0.0617 e. The highest BCUT2D eigenvalue weighted by atomic mass is 32.2. The first-order chi connectivity index (χ1) is 4.83. The zero-order valence-electron chi connectivity index (χ0n) is 6.20. The van der Waals surface area contributed by atoms with Crippen LogP contribution >= 0.6 is 10.9 Å². The van der Waals surface area contributed by atoms with Crippen molar-refractivity contribution in [3.63, 3.8) is 0 Å². The van der Waals surface area contributed by atoms with Gasteiger partial charge in [-0.05, 0) is 17.2 Å². The topological polar surface area (TPSA) is 20.2 Å². The van der Waals surface area contributed by atoms with Gasteiger partial charge >= 0.3 is 0 Å². The molecule has 0 aliphatic carbocycles. The van der Waals surface area contributed by atoms with Crippen LogP contribution in [0.2, 0.25) is 0 Å². The maximum absolute atomic E-state index is 9.27. The Balaban J connectivity index is 2.25. The Bertz CT molecular complexity index is 139. The van der Waals surface area contributed by atoms with Crippen LogP contribution in [0.15, 0.2) is 23.0 Å². The predicted octanol–water partition coefficient (Wildman–Crippen LogP) is 1.80. The van der Waals surface area contributed by atoms with E-state index < -0.39 is 0 Å². The van der Waals surface area contributed by atoms with Crippen molar-refractivity contribution in [2.45, 2.75) is 19.4 Å². The van der Waals surface area contributed by atoms with Gasteiger partial charge < -0.3 is 5.11 Å². The lowest BCUT2D eigenvalue weighted by Gasteiger charge is -2.13. The molecule has 1 nitrogen and oxygen atoms in total. The van der Waals surface area contributed by atoms with E-state index >= 15 is 0 Å². The van der Waals surface area contributed by atoms with Crippen molar-refractivity contribution in [2.75, 3.05) is 5.75 Å². The highest BCUT2D eigenvalue weighted by molar-refractivity contribution is 8.22. The monoisotopic (exact) mass is 158 g/mol. The van der Waals surface area contributed by atoms with Crippen molar-refractivity contribution in [3.8, 4) is 0 Å². The Labute approximate surface area is 64.8 Å². The summed E-state index contributed by atoms with van der Waals surface area (Å²) in [5.74, 6) is 0.943. The fourth-order valence-electron chi connectivity index (χ4n) is 0.864. The minimum absolute atomic E-state index is 0.0986. The van der Waals surface area contributed by atoms with Gasteiger partial charge in [-0.1, -0.05) is 19.1 Å². The Morgan fingerprint density at radius 3 is 2.50 bits per heavy atom. The van der Waals surface area contributed by atoms with E-state index in [-0.39, 0.29) is 17.0 Å². The Kier molecular flexibility index (Phi) is 3.03. The van der Waals surface area contributed by atoms with Crippen LogP contribution in [0.25, 0.3) is 0 Å². The molecule has 0 fully saturated rings. The number of hydrogen-bond donors (Lipinski definition) is 2. The summed E-state index contributed by atoms with van der Waals surface area (Å²) in [6.07, 6.45) is 4.90. The molecule has 0 saturated heterocycles. The first-order valence-corrected chi connectivity index (χ1v) is 5.28. The molecule has 1 atom stereocenters. The molecule has 1 heterocycles. The van der Waals surface area contributed by atoms with E-state index in [1.54, 1.807) is 0 Å². The van der Waals surface area contributed by atoms with Crippen LogP contribution in [0.4, 0.5) is 0 Å². The van der Waals surface area contributed by atoms with Crippen molar-refractivity contribution in [1.82, 2.24) is 0 Å². The Morgan fingerprint density at radius 2 is 2.00 bits per heavy atom. The normalized spacial score (nSPS) is 22.0. The lowest BCUT2D eigenvalue weighted by molar-refractivity contribution is 0.195. The van der Waals surface area contributed by atoms with Crippen molar-refractivity contribution in [3.05, 3.63) is 23.0 Å². The molecule has 0 amide bonds.